The number of carbonyl (C=O) groups excluding carboxylic acids is 1. The SMILES string of the molecule is CN(C(=O)C1C2C3CCC(C3)C12)c1ccc(OCC(=O)O)cc1. The summed E-state index contributed by atoms with van der Waals surface area (Å²) in [7, 11) is 1.82. The van der Waals surface area contributed by atoms with Crippen LogP contribution in [0.25, 0.3) is 0 Å². The number of nitrogens with zero attached hydrogens (tertiary/aromatic N) is 1. The zero-order chi connectivity index (χ0) is 16.1. The van der Waals surface area contributed by atoms with Crippen molar-refractivity contribution in [1.29, 1.82) is 0 Å². The maximum Gasteiger partial charge on any atom is 0.341 e. The van der Waals surface area contributed by atoms with Gasteiger partial charge in [-0.25, -0.2) is 4.79 Å². The number of rotatable bonds is 5. The smallest absolute Gasteiger partial charge is 0.341 e. The fraction of sp³-hybridized carbons (Fsp3) is 0.556. The summed E-state index contributed by atoms with van der Waals surface area (Å²) < 4.78 is 5.12. The van der Waals surface area contributed by atoms with Gasteiger partial charge in [-0.05, 0) is 67.2 Å². The Bertz CT molecular complexity index is 625. The van der Waals surface area contributed by atoms with Gasteiger partial charge in [0.2, 0.25) is 5.91 Å². The van der Waals surface area contributed by atoms with E-state index in [9.17, 15) is 9.59 Å². The number of anilines is 1. The van der Waals surface area contributed by atoms with Gasteiger partial charge in [-0.2, -0.15) is 0 Å². The molecular weight excluding hydrogens is 294 g/mol. The Balaban J connectivity index is 1.40. The van der Waals surface area contributed by atoms with Gasteiger partial charge in [0.25, 0.3) is 0 Å². The fourth-order valence-electron chi connectivity index (χ4n) is 4.92. The highest BCUT2D eigenvalue weighted by molar-refractivity contribution is 5.97. The third-order valence-corrected chi connectivity index (χ3v) is 5.94. The molecular formula is C18H21NO4. The number of benzene rings is 1. The van der Waals surface area contributed by atoms with Crippen LogP contribution in [0.1, 0.15) is 19.3 Å². The maximum atomic E-state index is 12.8. The molecule has 2 bridgehead atoms. The highest BCUT2D eigenvalue weighted by atomic mass is 16.5. The monoisotopic (exact) mass is 315 g/mol. The minimum absolute atomic E-state index is 0.231. The van der Waals surface area contributed by atoms with Crippen LogP contribution in [0.15, 0.2) is 24.3 Å². The number of fused-ring (bicyclic) bond motifs is 5. The molecule has 0 saturated heterocycles. The molecule has 3 aliphatic rings. The van der Waals surface area contributed by atoms with Gasteiger partial charge in [0, 0.05) is 18.7 Å². The molecule has 1 N–H and O–H groups in total. The van der Waals surface area contributed by atoms with E-state index in [0.29, 0.717) is 17.6 Å². The van der Waals surface area contributed by atoms with Crippen molar-refractivity contribution in [3.63, 3.8) is 0 Å². The van der Waals surface area contributed by atoms with Crippen molar-refractivity contribution >= 4 is 17.6 Å². The number of amides is 1. The molecule has 5 nitrogen and oxygen atoms in total. The van der Waals surface area contributed by atoms with E-state index in [2.05, 4.69) is 0 Å². The van der Waals surface area contributed by atoms with Crippen molar-refractivity contribution in [2.24, 2.45) is 29.6 Å². The summed E-state index contributed by atoms with van der Waals surface area (Å²) in [5.74, 6) is 2.82. The van der Waals surface area contributed by atoms with Gasteiger partial charge in [0.15, 0.2) is 6.61 Å². The minimum atomic E-state index is -1.00. The zero-order valence-corrected chi connectivity index (χ0v) is 13.1. The van der Waals surface area contributed by atoms with Crippen molar-refractivity contribution in [3.8, 4) is 5.75 Å². The van der Waals surface area contributed by atoms with Crippen LogP contribution in [0.3, 0.4) is 0 Å². The first-order valence-corrected chi connectivity index (χ1v) is 8.28. The number of carbonyl (C=O) groups is 2. The molecule has 3 fully saturated rings. The number of carboxylic acid groups (broad SMARTS) is 1. The predicted molar refractivity (Wildman–Crippen MR) is 84.3 cm³/mol. The Morgan fingerprint density at radius 1 is 1.17 bits per heavy atom. The van der Waals surface area contributed by atoms with Crippen molar-refractivity contribution in [3.05, 3.63) is 24.3 Å². The first kappa shape index (κ1) is 14.5. The van der Waals surface area contributed by atoms with Gasteiger partial charge in [-0.15, -0.1) is 0 Å². The van der Waals surface area contributed by atoms with Crippen LogP contribution in [0.2, 0.25) is 0 Å². The van der Waals surface area contributed by atoms with E-state index in [0.717, 1.165) is 17.5 Å². The van der Waals surface area contributed by atoms with E-state index in [1.165, 1.54) is 19.3 Å². The lowest BCUT2D eigenvalue weighted by Crippen LogP contribution is -2.30. The number of aliphatic carboxylic acids is 1. The second-order valence-corrected chi connectivity index (χ2v) is 7.09. The lowest BCUT2D eigenvalue weighted by molar-refractivity contribution is -0.139. The van der Waals surface area contributed by atoms with Crippen molar-refractivity contribution in [1.82, 2.24) is 0 Å². The molecule has 5 heteroatoms. The Morgan fingerprint density at radius 2 is 1.78 bits per heavy atom. The summed E-state index contributed by atoms with van der Waals surface area (Å²) in [5, 5.41) is 8.61. The number of ether oxygens (including phenoxy) is 1. The summed E-state index contributed by atoms with van der Waals surface area (Å²) in [5.41, 5.74) is 0.829. The van der Waals surface area contributed by atoms with Crippen molar-refractivity contribution in [2.75, 3.05) is 18.6 Å². The topological polar surface area (TPSA) is 66.8 Å². The molecule has 3 aliphatic carbocycles. The molecule has 0 aromatic heterocycles. The standard InChI is InChI=1S/C18H21NO4/c1-19(12-4-6-13(7-5-12)23-9-14(20)21)18(22)17-15-10-2-3-11(8-10)16(15)17/h4-7,10-11,15-17H,2-3,8-9H2,1H3,(H,20,21). The van der Waals surface area contributed by atoms with Gasteiger partial charge in [0.05, 0.1) is 0 Å². The molecule has 0 heterocycles. The molecule has 23 heavy (non-hydrogen) atoms. The van der Waals surface area contributed by atoms with E-state index >= 15 is 0 Å². The van der Waals surface area contributed by atoms with E-state index in [-0.39, 0.29) is 18.4 Å². The first-order chi connectivity index (χ1) is 11.1. The van der Waals surface area contributed by atoms with E-state index < -0.39 is 5.97 Å². The molecule has 4 rings (SSSR count). The van der Waals surface area contributed by atoms with Gasteiger partial charge in [-0.3, -0.25) is 4.79 Å². The molecule has 0 spiro atoms. The average Bonchev–Trinajstić information content (AvgIpc) is 2.98. The molecule has 4 unspecified atom stereocenters. The van der Waals surface area contributed by atoms with Crippen LogP contribution in [-0.4, -0.2) is 30.6 Å². The molecule has 1 amide bonds. The summed E-state index contributed by atoms with van der Waals surface area (Å²) >= 11 is 0. The van der Waals surface area contributed by atoms with Crippen LogP contribution >= 0.6 is 0 Å². The third-order valence-electron chi connectivity index (χ3n) is 5.94. The molecule has 0 radical (unpaired) electrons. The highest BCUT2D eigenvalue weighted by Crippen LogP contribution is 2.69. The Hall–Kier alpha value is -2.04. The predicted octanol–water partition coefficient (Wildman–Crippen LogP) is 2.40. The van der Waals surface area contributed by atoms with E-state index in [4.69, 9.17) is 9.84 Å². The van der Waals surface area contributed by atoms with Crippen LogP contribution in [-0.2, 0) is 9.59 Å². The zero-order valence-electron chi connectivity index (χ0n) is 13.1. The normalized spacial score (nSPS) is 33.2. The fourth-order valence-corrected chi connectivity index (χ4v) is 4.92. The lowest BCUT2D eigenvalue weighted by Gasteiger charge is -2.19. The molecule has 4 atom stereocenters. The summed E-state index contributed by atoms with van der Waals surface area (Å²) in [6.45, 7) is -0.359. The van der Waals surface area contributed by atoms with Crippen LogP contribution in [0.4, 0.5) is 5.69 Å². The van der Waals surface area contributed by atoms with Crippen molar-refractivity contribution < 1.29 is 19.4 Å². The van der Waals surface area contributed by atoms with Gasteiger partial charge in [-0.1, -0.05) is 0 Å². The average molecular weight is 315 g/mol. The molecule has 1 aromatic carbocycles. The number of hydrogen-bond donors (Lipinski definition) is 1. The second-order valence-electron chi connectivity index (χ2n) is 7.09. The lowest BCUT2D eigenvalue weighted by atomic mass is 10.0. The summed E-state index contributed by atoms with van der Waals surface area (Å²) in [6.07, 6.45) is 3.97. The van der Waals surface area contributed by atoms with Crippen molar-refractivity contribution in [2.45, 2.75) is 19.3 Å². The summed E-state index contributed by atoms with van der Waals surface area (Å²) in [4.78, 5) is 25.0. The Labute approximate surface area is 135 Å². The molecule has 3 saturated carbocycles. The van der Waals surface area contributed by atoms with E-state index in [1.807, 2.05) is 19.2 Å². The largest absolute Gasteiger partial charge is 0.482 e. The number of hydrogen-bond acceptors (Lipinski definition) is 3. The van der Waals surface area contributed by atoms with Gasteiger partial charge < -0.3 is 14.7 Å². The summed E-state index contributed by atoms with van der Waals surface area (Å²) in [6, 6.07) is 7.03. The van der Waals surface area contributed by atoms with E-state index in [1.54, 1.807) is 17.0 Å². The number of carboxylic acids is 1. The molecule has 122 valence electrons. The minimum Gasteiger partial charge on any atom is -0.482 e. The van der Waals surface area contributed by atoms with Gasteiger partial charge >= 0.3 is 5.97 Å². The van der Waals surface area contributed by atoms with Crippen LogP contribution in [0, 0.1) is 29.6 Å². The third kappa shape index (κ3) is 2.38. The second kappa shape index (κ2) is 5.25. The highest BCUT2D eigenvalue weighted by Gasteiger charge is 2.67. The quantitative estimate of drug-likeness (QED) is 0.906. The first-order valence-electron chi connectivity index (χ1n) is 8.28. The van der Waals surface area contributed by atoms with Gasteiger partial charge in [0.1, 0.15) is 5.75 Å². The van der Waals surface area contributed by atoms with Crippen LogP contribution in [0.5, 0.6) is 5.75 Å². The maximum absolute atomic E-state index is 12.8. The Kier molecular flexibility index (Phi) is 3.32. The molecule has 1 aromatic rings. The molecule has 0 aliphatic heterocycles. The van der Waals surface area contributed by atoms with Crippen LogP contribution < -0.4 is 9.64 Å². The Morgan fingerprint density at radius 3 is 2.35 bits per heavy atom.